The molecule has 1 aliphatic carbocycles. The largest absolute Gasteiger partial charge is 0.478 e. The summed E-state index contributed by atoms with van der Waals surface area (Å²) in [7, 11) is 1.72. The van der Waals surface area contributed by atoms with Crippen molar-refractivity contribution >= 4 is 29.2 Å². The number of amides is 2. The number of urea groups is 1. The van der Waals surface area contributed by atoms with Gasteiger partial charge >= 0.3 is 12.0 Å². The first-order valence-corrected chi connectivity index (χ1v) is 12.8. The normalized spacial score (nSPS) is 13.9. The Morgan fingerprint density at radius 2 is 1.82 bits per heavy atom. The second-order valence-corrected chi connectivity index (χ2v) is 10.1. The molecule has 3 aromatic rings. The highest BCUT2D eigenvalue weighted by molar-refractivity contribution is 6.03. The van der Waals surface area contributed by atoms with Gasteiger partial charge in [-0.05, 0) is 49.1 Å². The molecule has 2 aromatic carbocycles. The molecule has 2 amide bonds. The van der Waals surface area contributed by atoms with Gasteiger partial charge in [-0.25, -0.2) is 18.4 Å². The Labute approximate surface area is 220 Å². The second-order valence-electron chi connectivity index (χ2n) is 10.1. The van der Waals surface area contributed by atoms with E-state index in [4.69, 9.17) is 0 Å². The van der Waals surface area contributed by atoms with E-state index in [1.807, 2.05) is 0 Å². The Hall–Kier alpha value is -3.95. The number of aryl methyl sites for hydroxylation is 1. The lowest BCUT2D eigenvalue weighted by Gasteiger charge is -2.38. The molecule has 8 nitrogen and oxygen atoms in total. The van der Waals surface area contributed by atoms with E-state index in [0.29, 0.717) is 23.7 Å². The van der Waals surface area contributed by atoms with E-state index in [1.54, 1.807) is 24.0 Å². The molecule has 1 aromatic heterocycles. The number of carbonyl (C=O) groups is 2. The number of hydrogen-bond donors (Lipinski definition) is 3. The van der Waals surface area contributed by atoms with Gasteiger partial charge in [0, 0.05) is 43.0 Å². The summed E-state index contributed by atoms with van der Waals surface area (Å²) in [6.07, 6.45) is 6.85. The van der Waals surface area contributed by atoms with Crippen LogP contribution in [0.4, 0.5) is 30.8 Å². The van der Waals surface area contributed by atoms with Gasteiger partial charge in [-0.2, -0.15) is 5.10 Å². The Bertz CT molecular complexity index is 1320. The molecule has 10 heteroatoms. The maximum absolute atomic E-state index is 15.8. The molecule has 202 valence electrons. The molecule has 0 aliphatic heterocycles. The summed E-state index contributed by atoms with van der Waals surface area (Å²) in [6.45, 7) is 4.79. The summed E-state index contributed by atoms with van der Waals surface area (Å²) < 4.78 is 31.5. The van der Waals surface area contributed by atoms with Crippen LogP contribution in [0.25, 0.3) is 11.1 Å². The van der Waals surface area contributed by atoms with Crippen molar-refractivity contribution in [3.63, 3.8) is 0 Å². The molecule has 0 spiro atoms. The fourth-order valence-electron chi connectivity index (χ4n) is 5.01. The molecule has 4 rings (SSSR count). The van der Waals surface area contributed by atoms with E-state index >= 15 is 4.39 Å². The Morgan fingerprint density at radius 3 is 2.45 bits per heavy atom. The zero-order valence-corrected chi connectivity index (χ0v) is 21.8. The van der Waals surface area contributed by atoms with Crippen molar-refractivity contribution in [1.82, 2.24) is 9.78 Å². The van der Waals surface area contributed by atoms with Crippen molar-refractivity contribution in [2.24, 2.45) is 13.0 Å². The van der Waals surface area contributed by atoms with Gasteiger partial charge in [0.25, 0.3) is 0 Å². The summed E-state index contributed by atoms with van der Waals surface area (Å²) in [6, 6.07) is 7.04. The topological polar surface area (TPSA) is 99.5 Å². The number of carboxylic acids is 1. The van der Waals surface area contributed by atoms with Crippen LogP contribution in [0.2, 0.25) is 0 Å². The summed E-state index contributed by atoms with van der Waals surface area (Å²) in [5, 5.41) is 19.3. The summed E-state index contributed by atoms with van der Waals surface area (Å²) in [4.78, 5) is 27.0. The Morgan fingerprint density at radius 1 is 1.08 bits per heavy atom. The van der Waals surface area contributed by atoms with Crippen molar-refractivity contribution in [3.05, 3.63) is 59.8 Å². The number of carbonyl (C=O) groups excluding carboxylic acids is 1. The molecular weight excluding hydrogens is 492 g/mol. The average molecular weight is 526 g/mol. The highest BCUT2D eigenvalue weighted by Gasteiger charge is 2.27. The molecular formula is C28H33F2N5O3. The van der Waals surface area contributed by atoms with E-state index < -0.39 is 23.6 Å². The molecule has 1 heterocycles. The summed E-state index contributed by atoms with van der Waals surface area (Å²) in [5.74, 6) is -2.11. The van der Waals surface area contributed by atoms with Crippen molar-refractivity contribution in [2.75, 3.05) is 22.1 Å². The Balaban J connectivity index is 1.82. The molecule has 38 heavy (non-hydrogen) atoms. The van der Waals surface area contributed by atoms with E-state index in [2.05, 4.69) is 34.5 Å². The zero-order valence-electron chi connectivity index (χ0n) is 21.8. The Kier molecular flexibility index (Phi) is 8.29. The molecule has 0 radical (unpaired) electrons. The number of anilines is 3. The molecule has 1 fully saturated rings. The fraction of sp³-hybridized carbons (Fsp3) is 0.393. The van der Waals surface area contributed by atoms with Crippen molar-refractivity contribution in [2.45, 2.75) is 52.0 Å². The molecule has 1 aliphatic rings. The second kappa shape index (κ2) is 11.6. The van der Waals surface area contributed by atoms with Crippen LogP contribution in [0.5, 0.6) is 0 Å². The number of nitrogens with zero attached hydrogens (tertiary/aromatic N) is 3. The number of rotatable bonds is 8. The highest BCUT2D eigenvalue weighted by Crippen LogP contribution is 2.39. The minimum atomic E-state index is -1.31. The lowest BCUT2D eigenvalue weighted by atomic mass is 9.92. The number of hydrogen-bond acceptors (Lipinski definition) is 4. The number of halogens is 2. The lowest BCUT2D eigenvalue weighted by Crippen LogP contribution is -2.40. The molecule has 0 bridgehead atoms. The third-order valence-electron chi connectivity index (χ3n) is 6.68. The zero-order chi connectivity index (χ0) is 27.4. The minimum absolute atomic E-state index is 0.109. The van der Waals surface area contributed by atoms with Crippen LogP contribution in [0, 0.1) is 17.6 Å². The van der Waals surface area contributed by atoms with Gasteiger partial charge in [0.2, 0.25) is 0 Å². The predicted molar refractivity (Wildman–Crippen MR) is 144 cm³/mol. The van der Waals surface area contributed by atoms with Crippen molar-refractivity contribution < 1.29 is 23.5 Å². The van der Waals surface area contributed by atoms with Crippen LogP contribution >= 0.6 is 0 Å². The number of nitrogens with one attached hydrogen (secondary N) is 2. The van der Waals surface area contributed by atoms with Gasteiger partial charge in [-0.3, -0.25) is 10.00 Å². The number of benzene rings is 2. The molecule has 0 atom stereocenters. The maximum Gasteiger partial charge on any atom is 0.336 e. The van der Waals surface area contributed by atoms with Crippen LogP contribution in [-0.4, -0.2) is 39.5 Å². The first-order valence-electron chi connectivity index (χ1n) is 12.8. The summed E-state index contributed by atoms with van der Waals surface area (Å²) in [5.41, 5.74) is 0.320. The van der Waals surface area contributed by atoms with E-state index in [-0.39, 0.29) is 28.7 Å². The molecule has 1 saturated carbocycles. The first kappa shape index (κ1) is 27.1. The van der Waals surface area contributed by atoms with Gasteiger partial charge in [0.1, 0.15) is 11.6 Å². The van der Waals surface area contributed by atoms with E-state index in [1.165, 1.54) is 12.1 Å². The number of aromatic nitrogens is 2. The van der Waals surface area contributed by atoms with Crippen LogP contribution in [0.15, 0.2) is 42.6 Å². The minimum Gasteiger partial charge on any atom is -0.478 e. The number of aromatic carboxylic acids is 1. The van der Waals surface area contributed by atoms with Crippen LogP contribution in [0.3, 0.4) is 0 Å². The first-order chi connectivity index (χ1) is 18.1. The van der Waals surface area contributed by atoms with Crippen molar-refractivity contribution in [1.29, 1.82) is 0 Å². The monoisotopic (exact) mass is 525 g/mol. The third kappa shape index (κ3) is 6.30. The van der Waals surface area contributed by atoms with Gasteiger partial charge in [0.05, 0.1) is 16.9 Å². The fourth-order valence-corrected chi connectivity index (χ4v) is 5.01. The highest BCUT2D eigenvalue weighted by atomic mass is 19.1. The van der Waals surface area contributed by atoms with E-state index in [0.717, 1.165) is 50.3 Å². The smallest absolute Gasteiger partial charge is 0.336 e. The molecule has 3 N–H and O–H groups in total. The standard InChI is InChI=1S/C28H33F2N5O3/c1-17(2)16-35(19-7-5-4-6-8-19)25-15-23(30)22(21-13-18(29)9-10-20(21)27(36)37)14-24(25)31-28(38)32-26-11-12-34(3)33-26/h9-15,17,19H,4-8,16H2,1-3H3,(H,36,37)(H2,31,32,33,38). The predicted octanol–water partition coefficient (Wildman–Crippen LogP) is 6.50. The van der Waals surface area contributed by atoms with Gasteiger partial charge in [0.15, 0.2) is 5.82 Å². The molecule has 0 saturated heterocycles. The quantitative estimate of drug-likeness (QED) is 0.312. The van der Waals surface area contributed by atoms with Crippen molar-refractivity contribution in [3.8, 4) is 11.1 Å². The average Bonchev–Trinajstić information content (AvgIpc) is 3.27. The number of carboxylic acid groups (broad SMARTS) is 1. The van der Waals surface area contributed by atoms with Crippen LogP contribution < -0.4 is 15.5 Å². The van der Waals surface area contributed by atoms with Crippen LogP contribution in [0.1, 0.15) is 56.3 Å². The summed E-state index contributed by atoms with van der Waals surface area (Å²) >= 11 is 0. The maximum atomic E-state index is 15.8. The SMILES string of the molecule is CC(C)CN(c1cc(F)c(-c2cc(F)ccc2C(=O)O)cc1NC(=O)Nc1ccn(C)n1)C1CCCCC1. The van der Waals surface area contributed by atoms with Crippen LogP contribution in [-0.2, 0) is 7.05 Å². The third-order valence-corrected chi connectivity index (χ3v) is 6.68. The van der Waals surface area contributed by atoms with Gasteiger partial charge < -0.3 is 15.3 Å². The van der Waals surface area contributed by atoms with Gasteiger partial charge in [-0.1, -0.05) is 33.1 Å². The molecule has 0 unspecified atom stereocenters. The van der Waals surface area contributed by atoms with Gasteiger partial charge in [-0.15, -0.1) is 0 Å². The van der Waals surface area contributed by atoms with E-state index in [9.17, 15) is 19.1 Å². The lowest BCUT2D eigenvalue weighted by molar-refractivity contribution is 0.0697.